The number of nitrogens with one attached hydrogen (secondary N) is 1. The fourth-order valence-electron chi connectivity index (χ4n) is 3.63. The number of methoxy groups -OCH3 is 1. The molecule has 9 heteroatoms. The van der Waals surface area contributed by atoms with Crippen LogP contribution in [0.2, 0.25) is 0 Å². The van der Waals surface area contributed by atoms with Crippen LogP contribution in [0.1, 0.15) is 24.9 Å². The van der Waals surface area contributed by atoms with Gasteiger partial charge >= 0.3 is 6.61 Å². The van der Waals surface area contributed by atoms with Crippen LogP contribution >= 0.6 is 0 Å². The maximum atomic E-state index is 12.6. The van der Waals surface area contributed by atoms with E-state index in [0.717, 1.165) is 31.0 Å². The molecule has 1 aromatic heterocycles. The van der Waals surface area contributed by atoms with E-state index >= 15 is 0 Å². The molecule has 7 nitrogen and oxygen atoms in total. The number of nitrogens with zero attached hydrogens (tertiary/aromatic N) is 4. The molecule has 0 saturated carbocycles. The molecule has 2 atom stereocenters. The van der Waals surface area contributed by atoms with Gasteiger partial charge in [-0.3, -0.25) is 4.99 Å². The highest BCUT2D eigenvalue weighted by atomic mass is 19.3. The van der Waals surface area contributed by atoms with Crippen molar-refractivity contribution in [3.63, 3.8) is 0 Å². The lowest BCUT2D eigenvalue weighted by atomic mass is 9.93. The monoisotopic (exact) mass is 407 g/mol. The molecule has 0 spiro atoms. The standard InChI is InChI=1S/C20H27F2N5O2/c1-14-6-8-26(12-16(14)27-9-7-24-13-27)20(23-2)25-11-15-4-5-17(28-3)18(10-15)29-19(21)22/h4-5,7,9-10,13-14,16,19H,6,8,11-12H2,1-3H3,(H,23,25). The summed E-state index contributed by atoms with van der Waals surface area (Å²) >= 11 is 0. The fraction of sp³-hybridized carbons (Fsp3) is 0.500. The molecule has 1 fully saturated rings. The molecule has 1 aliphatic rings. The van der Waals surface area contributed by atoms with Crippen molar-refractivity contribution in [2.75, 3.05) is 27.2 Å². The molecule has 3 rings (SSSR count). The number of alkyl halides is 2. The van der Waals surface area contributed by atoms with Crippen LogP contribution in [0.25, 0.3) is 0 Å². The van der Waals surface area contributed by atoms with Gasteiger partial charge in [-0.05, 0) is 30.0 Å². The van der Waals surface area contributed by atoms with Crippen molar-refractivity contribution in [3.05, 3.63) is 42.5 Å². The highest BCUT2D eigenvalue weighted by Crippen LogP contribution is 2.30. The minimum absolute atomic E-state index is 0.0174. The van der Waals surface area contributed by atoms with Gasteiger partial charge in [0.25, 0.3) is 0 Å². The molecule has 0 bridgehead atoms. The zero-order valence-electron chi connectivity index (χ0n) is 16.9. The van der Waals surface area contributed by atoms with E-state index < -0.39 is 6.61 Å². The second-order valence-electron chi connectivity index (χ2n) is 7.05. The largest absolute Gasteiger partial charge is 0.493 e. The first-order chi connectivity index (χ1) is 14.0. The SMILES string of the molecule is CN=C(NCc1ccc(OC)c(OC(F)F)c1)N1CCC(C)C(n2ccnc2)C1. The molecule has 1 N–H and O–H groups in total. The van der Waals surface area contributed by atoms with Crippen LogP contribution in [0, 0.1) is 5.92 Å². The van der Waals surface area contributed by atoms with Gasteiger partial charge in [0.1, 0.15) is 0 Å². The molecule has 0 aliphatic carbocycles. The lowest BCUT2D eigenvalue weighted by Gasteiger charge is -2.39. The van der Waals surface area contributed by atoms with Crippen molar-refractivity contribution in [2.45, 2.75) is 32.5 Å². The van der Waals surface area contributed by atoms with Crippen molar-refractivity contribution < 1.29 is 18.3 Å². The molecule has 2 unspecified atom stereocenters. The van der Waals surface area contributed by atoms with Crippen LogP contribution in [0.5, 0.6) is 11.5 Å². The Kier molecular flexibility index (Phi) is 6.90. The van der Waals surface area contributed by atoms with Crippen LogP contribution in [-0.4, -0.2) is 54.3 Å². The number of hydrogen-bond acceptors (Lipinski definition) is 4. The van der Waals surface area contributed by atoms with Gasteiger partial charge in [0.2, 0.25) is 0 Å². The van der Waals surface area contributed by atoms with Crippen molar-refractivity contribution in [1.29, 1.82) is 0 Å². The van der Waals surface area contributed by atoms with Gasteiger partial charge < -0.3 is 24.3 Å². The quantitative estimate of drug-likeness (QED) is 0.589. The summed E-state index contributed by atoms with van der Waals surface area (Å²) in [7, 11) is 3.16. The second-order valence-corrected chi connectivity index (χ2v) is 7.05. The number of likely N-dealkylation sites (tertiary alicyclic amines) is 1. The minimum atomic E-state index is -2.91. The van der Waals surface area contributed by atoms with Gasteiger partial charge in [-0.1, -0.05) is 13.0 Å². The summed E-state index contributed by atoms with van der Waals surface area (Å²) in [6.45, 7) is 1.49. The number of halogens is 2. The van der Waals surface area contributed by atoms with Gasteiger partial charge in [-0.2, -0.15) is 8.78 Å². The third-order valence-electron chi connectivity index (χ3n) is 5.23. The molecule has 158 valence electrons. The molecular formula is C20H27F2N5O2. The summed E-state index contributed by atoms with van der Waals surface area (Å²) in [6, 6.07) is 5.30. The topological polar surface area (TPSA) is 63.9 Å². The molecule has 0 radical (unpaired) electrons. The van der Waals surface area contributed by atoms with E-state index in [2.05, 4.69) is 36.4 Å². The van der Waals surface area contributed by atoms with E-state index in [1.807, 2.05) is 18.6 Å². The summed E-state index contributed by atoms with van der Waals surface area (Å²) in [5.41, 5.74) is 0.791. The van der Waals surface area contributed by atoms with Crippen LogP contribution in [0.3, 0.4) is 0 Å². The summed E-state index contributed by atoms with van der Waals surface area (Å²) in [5, 5.41) is 3.32. The van der Waals surface area contributed by atoms with Gasteiger partial charge in [0, 0.05) is 39.1 Å². The Hall–Kier alpha value is -2.84. The lowest BCUT2D eigenvalue weighted by Crippen LogP contribution is -2.48. The maximum absolute atomic E-state index is 12.6. The zero-order valence-corrected chi connectivity index (χ0v) is 16.9. The van der Waals surface area contributed by atoms with E-state index in [1.54, 1.807) is 25.4 Å². The number of ether oxygens (including phenoxy) is 2. The molecule has 1 aliphatic heterocycles. The first-order valence-corrected chi connectivity index (χ1v) is 9.56. The number of aliphatic imine (C=N–C) groups is 1. The molecular weight excluding hydrogens is 380 g/mol. The van der Waals surface area contributed by atoms with Crippen molar-refractivity contribution in [2.24, 2.45) is 10.9 Å². The van der Waals surface area contributed by atoms with Crippen LogP contribution in [0.15, 0.2) is 41.9 Å². The third-order valence-corrected chi connectivity index (χ3v) is 5.23. The van der Waals surface area contributed by atoms with E-state index in [0.29, 0.717) is 18.5 Å². The Morgan fingerprint density at radius 2 is 2.21 bits per heavy atom. The Morgan fingerprint density at radius 1 is 1.38 bits per heavy atom. The average molecular weight is 407 g/mol. The van der Waals surface area contributed by atoms with Gasteiger partial charge in [-0.25, -0.2) is 4.98 Å². The highest BCUT2D eigenvalue weighted by Gasteiger charge is 2.28. The molecule has 1 saturated heterocycles. The number of hydrogen-bond donors (Lipinski definition) is 1. The minimum Gasteiger partial charge on any atom is -0.493 e. The highest BCUT2D eigenvalue weighted by molar-refractivity contribution is 5.80. The summed E-state index contributed by atoms with van der Waals surface area (Å²) in [4.78, 5) is 10.8. The Morgan fingerprint density at radius 3 is 2.86 bits per heavy atom. The van der Waals surface area contributed by atoms with E-state index in [9.17, 15) is 8.78 Å². The molecule has 2 heterocycles. The number of piperidine rings is 1. The number of aromatic nitrogens is 2. The summed E-state index contributed by atoms with van der Waals surface area (Å²) in [6.07, 6.45) is 6.67. The first kappa shape index (κ1) is 20.9. The Balaban J connectivity index is 1.66. The second kappa shape index (κ2) is 9.58. The number of imidazole rings is 1. The molecule has 0 amide bonds. The van der Waals surface area contributed by atoms with Crippen LogP contribution < -0.4 is 14.8 Å². The molecule has 29 heavy (non-hydrogen) atoms. The number of guanidine groups is 1. The maximum Gasteiger partial charge on any atom is 0.387 e. The smallest absolute Gasteiger partial charge is 0.387 e. The molecule has 1 aromatic carbocycles. The van der Waals surface area contributed by atoms with Crippen LogP contribution in [-0.2, 0) is 6.54 Å². The van der Waals surface area contributed by atoms with Crippen molar-refractivity contribution in [3.8, 4) is 11.5 Å². The van der Waals surface area contributed by atoms with Crippen molar-refractivity contribution in [1.82, 2.24) is 19.8 Å². The summed E-state index contributed by atoms with van der Waals surface area (Å²) < 4.78 is 37.1. The Bertz CT molecular complexity index is 813. The van der Waals surface area contributed by atoms with Crippen molar-refractivity contribution >= 4 is 5.96 Å². The van der Waals surface area contributed by atoms with Gasteiger partial charge in [-0.15, -0.1) is 0 Å². The third kappa shape index (κ3) is 5.16. The predicted octanol–water partition coefficient (Wildman–Crippen LogP) is 3.15. The predicted molar refractivity (Wildman–Crippen MR) is 106 cm³/mol. The fourth-order valence-corrected chi connectivity index (χ4v) is 3.63. The molecule has 2 aromatic rings. The first-order valence-electron chi connectivity index (χ1n) is 9.56. The van der Waals surface area contributed by atoms with Gasteiger partial charge in [0.05, 0.1) is 19.5 Å². The van der Waals surface area contributed by atoms with E-state index in [-0.39, 0.29) is 11.5 Å². The number of benzene rings is 1. The lowest BCUT2D eigenvalue weighted by molar-refractivity contribution is -0.0512. The van der Waals surface area contributed by atoms with E-state index in [4.69, 9.17) is 4.74 Å². The average Bonchev–Trinajstić information content (AvgIpc) is 3.24. The normalized spacial score (nSPS) is 20.1. The summed E-state index contributed by atoms with van der Waals surface area (Å²) in [5.74, 6) is 1.60. The van der Waals surface area contributed by atoms with Gasteiger partial charge in [0.15, 0.2) is 17.5 Å². The number of rotatable bonds is 6. The Labute approximate surface area is 169 Å². The van der Waals surface area contributed by atoms with Crippen LogP contribution in [0.4, 0.5) is 8.78 Å². The zero-order chi connectivity index (χ0) is 20.8. The van der Waals surface area contributed by atoms with E-state index in [1.165, 1.54) is 7.11 Å².